The number of aliphatic hydroxyl groups excluding tert-OH is 1. The fourth-order valence-corrected chi connectivity index (χ4v) is 2.80. The normalized spacial score (nSPS) is 13.5. The number of benzene rings is 1. The van der Waals surface area contributed by atoms with E-state index < -0.39 is 6.10 Å². The molecule has 0 aliphatic heterocycles. The molecule has 0 aliphatic carbocycles. The summed E-state index contributed by atoms with van der Waals surface area (Å²) in [6.45, 7) is 3.90. The number of carbonyl (C=O) groups excluding carboxylic acids is 1. The van der Waals surface area contributed by atoms with E-state index in [-0.39, 0.29) is 18.6 Å². The summed E-state index contributed by atoms with van der Waals surface area (Å²) in [7, 11) is 0. The zero-order chi connectivity index (χ0) is 16.1. The number of rotatable bonds is 5. The molecule has 0 bridgehead atoms. The third-order valence-electron chi connectivity index (χ3n) is 3.07. The summed E-state index contributed by atoms with van der Waals surface area (Å²) in [6.07, 6.45) is -0.777. The van der Waals surface area contributed by atoms with Gasteiger partial charge in [-0.15, -0.1) is 11.3 Å². The first-order chi connectivity index (χ1) is 10.5. The van der Waals surface area contributed by atoms with Crippen molar-refractivity contribution in [3.05, 3.63) is 50.9 Å². The molecule has 2 aromatic rings. The van der Waals surface area contributed by atoms with Crippen LogP contribution in [0.4, 0.5) is 4.79 Å². The van der Waals surface area contributed by atoms with Crippen molar-refractivity contribution in [1.29, 1.82) is 0 Å². The minimum Gasteiger partial charge on any atom is -0.387 e. The number of hydrogen-bond donors (Lipinski definition) is 3. The average Bonchev–Trinajstić information content (AvgIpc) is 2.92. The number of aliphatic hydroxyl groups is 1. The molecule has 0 radical (unpaired) electrons. The lowest BCUT2D eigenvalue weighted by molar-refractivity contribution is 0.172. The summed E-state index contributed by atoms with van der Waals surface area (Å²) in [6, 6.07) is 6.35. The van der Waals surface area contributed by atoms with Crippen molar-refractivity contribution < 1.29 is 9.90 Å². The maximum Gasteiger partial charge on any atom is 0.315 e. The van der Waals surface area contributed by atoms with Crippen LogP contribution in [0.5, 0.6) is 0 Å². The van der Waals surface area contributed by atoms with Gasteiger partial charge in [0.05, 0.1) is 12.1 Å². The molecule has 0 aliphatic rings. The average molecular weight is 340 g/mol. The Labute approximate surface area is 138 Å². The van der Waals surface area contributed by atoms with Crippen molar-refractivity contribution in [2.75, 3.05) is 6.54 Å². The molecular weight excluding hydrogens is 322 g/mol. The van der Waals surface area contributed by atoms with Crippen LogP contribution >= 0.6 is 22.9 Å². The van der Waals surface area contributed by atoms with Gasteiger partial charge in [-0.2, -0.15) is 0 Å². The maximum absolute atomic E-state index is 11.8. The molecule has 0 saturated heterocycles. The molecule has 5 nitrogen and oxygen atoms in total. The van der Waals surface area contributed by atoms with Crippen LogP contribution in [0.2, 0.25) is 5.02 Å². The second-order valence-electron chi connectivity index (χ2n) is 4.97. The number of aryl methyl sites for hydroxylation is 1. The largest absolute Gasteiger partial charge is 0.387 e. The lowest BCUT2D eigenvalue weighted by Gasteiger charge is -2.15. The maximum atomic E-state index is 11.8. The fraction of sp³-hybridized carbons (Fsp3) is 0.333. The van der Waals surface area contributed by atoms with Crippen LogP contribution in [0.1, 0.15) is 35.3 Å². The number of nitrogens with zero attached hydrogens (tertiary/aromatic N) is 1. The minimum atomic E-state index is -0.777. The number of amides is 2. The van der Waals surface area contributed by atoms with E-state index in [0.717, 1.165) is 10.7 Å². The highest BCUT2D eigenvalue weighted by molar-refractivity contribution is 7.09. The molecule has 0 saturated carbocycles. The van der Waals surface area contributed by atoms with Gasteiger partial charge in [0.2, 0.25) is 0 Å². The van der Waals surface area contributed by atoms with Crippen LogP contribution in [0.15, 0.2) is 29.6 Å². The fourth-order valence-electron chi connectivity index (χ4n) is 1.87. The summed E-state index contributed by atoms with van der Waals surface area (Å²) in [5.41, 5.74) is 1.64. The molecule has 2 atom stereocenters. The predicted molar refractivity (Wildman–Crippen MR) is 88.2 cm³/mol. The number of nitrogens with one attached hydrogen (secondary N) is 2. The lowest BCUT2D eigenvalue weighted by Crippen LogP contribution is -2.39. The Balaban J connectivity index is 1.81. The molecule has 22 heavy (non-hydrogen) atoms. The van der Waals surface area contributed by atoms with Crippen LogP contribution in [-0.2, 0) is 0 Å². The van der Waals surface area contributed by atoms with E-state index in [4.69, 9.17) is 11.6 Å². The lowest BCUT2D eigenvalue weighted by atomic mass is 10.1. The van der Waals surface area contributed by atoms with E-state index >= 15 is 0 Å². The number of urea groups is 1. The standard InChI is InChI=1S/C15H18ClN3O2S/c1-9-8-22-14(18-9)10(2)19-15(21)17-7-13(20)11-3-5-12(16)6-4-11/h3-6,8,10,13,20H,7H2,1-2H3,(H2,17,19,21). The third kappa shape index (κ3) is 4.69. The van der Waals surface area contributed by atoms with Gasteiger partial charge in [0.25, 0.3) is 0 Å². The van der Waals surface area contributed by atoms with E-state index in [9.17, 15) is 9.90 Å². The first kappa shape index (κ1) is 16.7. The van der Waals surface area contributed by atoms with Crippen LogP contribution in [0, 0.1) is 6.92 Å². The summed E-state index contributed by atoms with van der Waals surface area (Å²) < 4.78 is 0. The highest BCUT2D eigenvalue weighted by atomic mass is 35.5. The van der Waals surface area contributed by atoms with Crippen molar-refractivity contribution in [3.63, 3.8) is 0 Å². The first-order valence-corrected chi connectivity index (χ1v) is 8.11. The Morgan fingerprint density at radius 3 is 2.68 bits per heavy atom. The number of halogens is 1. The highest BCUT2D eigenvalue weighted by Crippen LogP contribution is 2.18. The molecule has 2 unspecified atom stereocenters. The number of hydrogen-bond acceptors (Lipinski definition) is 4. The molecule has 2 amide bonds. The Kier molecular flexibility index (Phi) is 5.76. The number of aromatic nitrogens is 1. The van der Waals surface area contributed by atoms with Crippen molar-refractivity contribution in [2.45, 2.75) is 26.0 Å². The monoisotopic (exact) mass is 339 g/mol. The Morgan fingerprint density at radius 1 is 1.41 bits per heavy atom. The van der Waals surface area contributed by atoms with Crippen LogP contribution in [0.3, 0.4) is 0 Å². The molecule has 7 heteroatoms. The van der Waals surface area contributed by atoms with Gasteiger partial charge < -0.3 is 15.7 Å². The Hall–Kier alpha value is -1.63. The molecule has 1 aromatic carbocycles. The summed E-state index contributed by atoms with van der Waals surface area (Å²) in [5, 5.41) is 18.9. The van der Waals surface area contributed by atoms with Crippen molar-refractivity contribution in [1.82, 2.24) is 15.6 Å². The van der Waals surface area contributed by atoms with Crippen molar-refractivity contribution in [3.8, 4) is 0 Å². The third-order valence-corrected chi connectivity index (χ3v) is 4.46. The van der Waals surface area contributed by atoms with Crippen LogP contribution < -0.4 is 10.6 Å². The molecular formula is C15H18ClN3O2S. The van der Waals surface area contributed by atoms with Crippen LogP contribution in [-0.4, -0.2) is 22.7 Å². The van der Waals surface area contributed by atoms with Gasteiger partial charge in [0, 0.05) is 22.6 Å². The molecule has 1 heterocycles. The molecule has 3 N–H and O–H groups in total. The predicted octanol–water partition coefficient (Wildman–Crippen LogP) is 3.20. The first-order valence-electron chi connectivity index (χ1n) is 6.85. The zero-order valence-corrected chi connectivity index (χ0v) is 13.9. The smallest absolute Gasteiger partial charge is 0.315 e. The van der Waals surface area contributed by atoms with Gasteiger partial charge in [-0.25, -0.2) is 9.78 Å². The van der Waals surface area contributed by atoms with Gasteiger partial charge in [0.15, 0.2) is 0 Å². The zero-order valence-electron chi connectivity index (χ0n) is 12.3. The van der Waals surface area contributed by atoms with Crippen LogP contribution in [0.25, 0.3) is 0 Å². The quantitative estimate of drug-likeness (QED) is 0.783. The van der Waals surface area contributed by atoms with Gasteiger partial charge in [-0.05, 0) is 31.5 Å². The molecule has 0 fully saturated rings. The van der Waals surface area contributed by atoms with Gasteiger partial charge in [-0.1, -0.05) is 23.7 Å². The summed E-state index contributed by atoms with van der Waals surface area (Å²) in [5.74, 6) is 0. The minimum absolute atomic E-state index is 0.122. The highest BCUT2D eigenvalue weighted by Gasteiger charge is 2.14. The van der Waals surface area contributed by atoms with E-state index in [0.29, 0.717) is 10.6 Å². The number of thiazole rings is 1. The second-order valence-corrected chi connectivity index (χ2v) is 6.30. The van der Waals surface area contributed by atoms with Gasteiger partial charge in [0.1, 0.15) is 5.01 Å². The molecule has 0 spiro atoms. The van der Waals surface area contributed by atoms with Gasteiger partial charge in [-0.3, -0.25) is 0 Å². The van der Waals surface area contributed by atoms with Crippen molar-refractivity contribution in [2.24, 2.45) is 0 Å². The number of carbonyl (C=O) groups is 1. The van der Waals surface area contributed by atoms with E-state index in [1.54, 1.807) is 24.3 Å². The molecule has 2 rings (SSSR count). The van der Waals surface area contributed by atoms with Crippen molar-refractivity contribution >= 4 is 29.0 Å². The summed E-state index contributed by atoms with van der Waals surface area (Å²) in [4.78, 5) is 16.2. The summed E-state index contributed by atoms with van der Waals surface area (Å²) >= 11 is 7.30. The van der Waals surface area contributed by atoms with Gasteiger partial charge >= 0.3 is 6.03 Å². The Morgan fingerprint density at radius 2 is 2.09 bits per heavy atom. The van der Waals surface area contributed by atoms with E-state index in [1.807, 2.05) is 19.2 Å². The molecule has 1 aromatic heterocycles. The SMILES string of the molecule is Cc1csc(C(C)NC(=O)NCC(O)c2ccc(Cl)cc2)n1. The van der Waals surface area contributed by atoms with E-state index in [2.05, 4.69) is 15.6 Å². The topological polar surface area (TPSA) is 74.2 Å². The molecule has 118 valence electrons. The second kappa shape index (κ2) is 7.58. The van der Waals surface area contributed by atoms with E-state index in [1.165, 1.54) is 11.3 Å². The Bertz CT molecular complexity index is 630.